The molecule has 0 aromatic heterocycles. The van der Waals surface area contributed by atoms with Crippen molar-refractivity contribution >= 4 is 5.97 Å². The van der Waals surface area contributed by atoms with E-state index in [0.29, 0.717) is 37.6 Å². The molecule has 2 aromatic carbocycles. The van der Waals surface area contributed by atoms with Crippen LogP contribution in [0, 0.1) is 19.7 Å². The fourth-order valence-electron chi connectivity index (χ4n) is 5.08. The minimum atomic E-state index is -0.611. The van der Waals surface area contributed by atoms with Gasteiger partial charge in [-0.2, -0.15) is 0 Å². The number of carbonyl (C=O) groups is 1. The lowest BCUT2D eigenvalue weighted by Crippen LogP contribution is -2.39. The normalized spacial score (nSPS) is 17.9. The van der Waals surface area contributed by atoms with Gasteiger partial charge in [-0.15, -0.1) is 0 Å². The van der Waals surface area contributed by atoms with Crippen molar-refractivity contribution in [1.82, 2.24) is 4.90 Å². The van der Waals surface area contributed by atoms with E-state index in [9.17, 15) is 14.3 Å². The molecular formula is C29H40FNO4. The average Bonchev–Trinajstić information content (AvgIpc) is 3.25. The van der Waals surface area contributed by atoms with Crippen molar-refractivity contribution in [3.63, 3.8) is 0 Å². The molecule has 3 atom stereocenters. The van der Waals surface area contributed by atoms with Crippen LogP contribution in [0.1, 0.15) is 67.0 Å². The number of hydrogen-bond donors (Lipinski definition) is 1. The quantitative estimate of drug-likeness (QED) is 0.425. The van der Waals surface area contributed by atoms with Gasteiger partial charge in [0.15, 0.2) is 0 Å². The summed E-state index contributed by atoms with van der Waals surface area (Å²) in [5.41, 5.74) is 4.92. The van der Waals surface area contributed by atoms with Crippen molar-refractivity contribution in [2.24, 2.45) is 0 Å². The lowest BCUT2D eigenvalue weighted by Gasteiger charge is -2.28. The van der Waals surface area contributed by atoms with E-state index in [1.54, 1.807) is 13.0 Å². The number of β-amino-alcohol motifs (C(OH)–C–C–N with tert-alkyl or cyclic N) is 1. The molecular weight excluding hydrogens is 445 g/mol. The highest BCUT2D eigenvalue weighted by Gasteiger charge is 2.27. The van der Waals surface area contributed by atoms with E-state index in [2.05, 4.69) is 4.90 Å². The van der Waals surface area contributed by atoms with Crippen LogP contribution >= 0.6 is 0 Å². The summed E-state index contributed by atoms with van der Waals surface area (Å²) in [6, 6.07) is 11.8. The molecule has 1 aliphatic heterocycles. The van der Waals surface area contributed by atoms with Gasteiger partial charge in [0.05, 0.1) is 25.4 Å². The van der Waals surface area contributed by atoms with E-state index >= 15 is 0 Å². The number of aryl methyl sites for hydroxylation is 3. The second-order valence-corrected chi connectivity index (χ2v) is 9.66. The Morgan fingerprint density at radius 3 is 2.77 bits per heavy atom. The minimum Gasteiger partial charge on any atom is -0.466 e. The Kier molecular flexibility index (Phi) is 10.3. The van der Waals surface area contributed by atoms with Crippen LogP contribution in [-0.2, 0) is 27.1 Å². The second-order valence-electron chi connectivity index (χ2n) is 9.66. The SMILES string of the molecule is CCOC(=O)CCc1cccc(C)c1C(C)OC[C@H](O)CN1CCC[C@H]1Cc1ccc(C)c(F)c1. The first-order valence-electron chi connectivity index (χ1n) is 12.8. The average molecular weight is 486 g/mol. The Morgan fingerprint density at radius 2 is 2.03 bits per heavy atom. The second kappa shape index (κ2) is 13.1. The molecule has 1 saturated heterocycles. The van der Waals surface area contributed by atoms with E-state index in [1.165, 1.54) is 0 Å². The Labute approximate surface area is 209 Å². The van der Waals surface area contributed by atoms with Crippen molar-refractivity contribution in [2.75, 3.05) is 26.3 Å². The fourth-order valence-corrected chi connectivity index (χ4v) is 5.08. The van der Waals surface area contributed by atoms with Crippen molar-refractivity contribution in [3.05, 3.63) is 70.0 Å². The van der Waals surface area contributed by atoms with E-state index in [0.717, 1.165) is 48.1 Å². The topological polar surface area (TPSA) is 59.0 Å². The van der Waals surface area contributed by atoms with Gasteiger partial charge in [-0.25, -0.2) is 4.39 Å². The predicted molar refractivity (Wildman–Crippen MR) is 136 cm³/mol. The van der Waals surface area contributed by atoms with Gasteiger partial charge in [0.1, 0.15) is 5.82 Å². The number of rotatable bonds is 12. The van der Waals surface area contributed by atoms with Crippen LogP contribution in [0.4, 0.5) is 4.39 Å². The zero-order chi connectivity index (χ0) is 25.4. The molecule has 0 aliphatic carbocycles. The molecule has 2 aromatic rings. The molecule has 0 saturated carbocycles. The standard InChI is InChI=1S/C29H40FNO4/c1-5-34-28(33)14-13-24-9-6-8-21(3)29(24)22(4)35-19-26(32)18-31-15-7-10-25(31)16-23-12-11-20(2)27(30)17-23/h6,8-9,11-12,17,22,25-26,32H,5,7,10,13-16,18-19H2,1-4H3/t22?,25-,26+/m0/s1. The molecule has 6 heteroatoms. The highest BCUT2D eigenvalue weighted by Crippen LogP contribution is 2.27. The third kappa shape index (κ3) is 7.86. The van der Waals surface area contributed by atoms with Crippen LogP contribution in [0.5, 0.6) is 0 Å². The highest BCUT2D eigenvalue weighted by atomic mass is 19.1. The molecule has 1 unspecified atom stereocenters. The molecule has 0 spiro atoms. The van der Waals surface area contributed by atoms with Gasteiger partial charge in [-0.05, 0) is 93.8 Å². The minimum absolute atomic E-state index is 0.160. The first-order chi connectivity index (χ1) is 16.8. The van der Waals surface area contributed by atoms with E-state index < -0.39 is 6.10 Å². The first-order valence-corrected chi connectivity index (χ1v) is 12.8. The lowest BCUT2D eigenvalue weighted by atomic mass is 9.95. The lowest BCUT2D eigenvalue weighted by molar-refractivity contribution is -0.143. The molecule has 0 amide bonds. The number of nitrogens with zero attached hydrogens (tertiary/aromatic N) is 1. The summed E-state index contributed by atoms with van der Waals surface area (Å²) >= 11 is 0. The van der Waals surface area contributed by atoms with Crippen LogP contribution < -0.4 is 0 Å². The number of aliphatic hydroxyl groups is 1. The summed E-state index contributed by atoms with van der Waals surface area (Å²) in [6.45, 7) is 9.71. The number of halogens is 1. The monoisotopic (exact) mass is 485 g/mol. The third-order valence-corrected chi connectivity index (χ3v) is 6.92. The number of esters is 1. The number of benzene rings is 2. The van der Waals surface area contributed by atoms with Crippen molar-refractivity contribution in [3.8, 4) is 0 Å². The van der Waals surface area contributed by atoms with Gasteiger partial charge in [0.25, 0.3) is 0 Å². The highest BCUT2D eigenvalue weighted by molar-refractivity contribution is 5.69. The van der Waals surface area contributed by atoms with Crippen LogP contribution in [0.3, 0.4) is 0 Å². The molecule has 35 heavy (non-hydrogen) atoms. The molecule has 1 aliphatic rings. The van der Waals surface area contributed by atoms with Gasteiger partial charge in [-0.3, -0.25) is 9.69 Å². The van der Waals surface area contributed by atoms with E-state index in [1.807, 2.05) is 51.1 Å². The number of carbonyl (C=O) groups excluding carboxylic acids is 1. The molecule has 1 heterocycles. The van der Waals surface area contributed by atoms with E-state index in [-0.39, 0.29) is 24.5 Å². The van der Waals surface area contributed by atoms with Crippen molar-refractivity contribution in [1.29, 1.82) is 0 Å². The van der Waals surface area contributed by atoms with Crippen LogP contribution in [0.15, 0.2) is 36.4 Å². The van der Waals surface area contributed by atoms with E-state index in [4.69, 9.17) is 9.47 Å². The number of likely N-dealkylation sites (tertiary alicyclic amines) is 1. The van der Waals surface area contributed by atoms with Crippen molar-refractivity contribution in [2.45, 2.75) is 78.0 Å². The smallest absolute Gasteiger partial charge is 0.306 e. The van der Waals surface area contributed by atoms with Gasteiger partial charge >= 0.3 is 5.97 Å². The maximum absolute atomic E-state index is 14.0. The molecule has 192 valence electrons. The maximum Gasteiger partial charge on any atom is 0.306 e. The number of aliphatic hydroxyl groups excluding tert-OH is 1. The molecule has 0 radical (unpaired) electrons. The zero-order valence-electron chi connectivity index (χ0n) is 21.6. The van der Waals surface area contributed by atoms with Crippen LogP contribution in [0.25, 0.3) is 0 Å². The van der Waals surface area contributed by atoms with Gasteiger partial charge in [0.2, 0.25) is 0 Å². The Hall–Kier alpha value is -2.28. The van der Waals surface area contributed by atoms with Crippen molar-refractivity contribution < 1.29 is 23.8 Å². The maximum atomic E-state index is 14.0. The molecule has 3 rings (SSSR count). The van der Waals surface area contributed by atoms with Gasteiger partial charge < -0.3 is 14.6 Å². The summed E-state index contributed by atoms with van der Waals surface area (Å²) in [5, 5.41) is 10.8. The number of hydrogen-bond acceptors (Lipinski definition) is 5. The Balaban J connectivity index is 1.54. The van der Waals surface area contributed by atoms with Crippen LogP contribution in [0.2, 0.25) is 0 Å². The summed E-state index contributed by atoms with van der Waals surface area (Å²) in [5.74, 6) is -0.357. The fraction of sp³-hybridized carbons (Fsp3) is 0.552. The summed E-state index contributed by atoms with van der Waals surface area (Å²) < 4.78 is 25.1. The molecule has 1 N–H and O–H groups in total. The number of ether oxygens (including phenoxy) is 2. The predicted octanol–water partition coefficient (Wildman–Crippen LogP) is 5.08. The zero-order valence-corrected chi connectivity index (χ0v) is 21.6. The summed E-state index contributed by atoms with van der Waals surface area (Å²) in [4.78, 5) is 14.1. The van der Waals surface area contributed by atoms with Gasteiger partial charge in [-0.1, -0.05) is 30.3 Å². The van der Waals surface area contributed by atoms with Crippen LogP contribution in [-0.4, -0.2) is 54.4 Å². The Morgan fingerprint density at radius 1 is 1.23 bits per heavy atom. The summed E-state index contributed by atoms with van der Waals surface area (Å²) in [6.07, 6.45) is 3.03. The van der Waals surface area contributed by atoms with Gasteiger partial charge in [0, 0.05) is 19.0 Å². The first kappa shape index (κ1) is 27.3. The Bertz CT molecular complexity index is 979. The largest absolute Gasteiger partial charge is 0.466 e. The molecule has 0 bridgehead atoms. The molecule has 5 nitrogen and oxygen atoms in total. The molecule has 1 fully saturated rings. The third-order valence-electron chi connectivity index (χ3n) is 6.92. The summed E-state index contributed by atoms with van der Waals surface area (Å²) in [7, 11) is 0.